The van der Waals surface area contributed by atoms with Crippen LogP contribution in [0.5, 0.6) is 0 Å². The Morgan fingerprint density at radius 3 is 2.62 bits per heavy atom. The number of likely N-dealkylation sites (tertiary alicyclic amines) is 1. The fraction of sp³-hybridized carbons (Fsp3) is 0.353. The molecule has 7 heteroatoms. The van der Waals surface area contributed by atoms with Crippen molar-refractivity contribution < 1.29 is 19.4 Å². The van der Waals surface area contributed by atoms with E-state index in [2.05, 4.69) is 5.10 Å². The van der Waals surface area contributed by atoms with Crippen LogP contribution in [-0.2, 0) is 9.53 Å². The van der Waals surface area contributed by atoms with Crippen LogP contribution in [-0.4, -0.2) is 57.5 Å². The van der Waals surface area contributed by atoms with Gasteiger partial charge in [0, 0.05) is 25.8 Å². The Labute approximate surface area is 139 Å². The molecule has 1 saturated heterocycles. The maximum atomic E-state index is 12.8. The number of carboxylic acid groups (broad SMARTS) is 1. The summed E-state index contributed by atoms with van der Waals surface area (Å²) in [4.78, 5) is 25.5. The summed E-state index contributed by atoms with van der Waals surface area (Å²) < 4.78 is 6.90. The lowest BCUT2D eigenvalue weighted by Crippen LogP contribution is -2.40. The molecular formula is C17H19N3O4. The molecule has 7 nitrogen and oxygen atoms in total. The van der Waals surface area contributed by atoms with Crippen LogP contribution in [0.25, 0.3) is 5.69 Å². The highest BCUT2D eigenvalue weighted by Gasteiger charge is 2.40. The van der Waals surface area contributed by atoms with Crippen molar-refractivity contribution >= 4 is 11.9 Å². The second-order valence-corrected chi connectivity index (χ2v) is 5.82. The molecule has 0 spiro atoms. The lowest BCUT2D eigenvalue weighted by molar-refractivity contribution is -0.141. The fourth-order valence-corrected chi connectivity index (χ4v) is 2.98. The molecule has 3 rings (SSSR count). The molecule has 1 fully saturated rings. The van der Waals surface area contributed by atoms with Crippen molar-refractivity contribution in [3.05, 3.63) is 47.8 Å². The first-order valence-corrected chi connectivity index (χ1v) is 7.70. The zero-order valence-corrected chi connectivity index (χ0v) is 13.5. The Hall–Kier alpha value is -2.67. The molecule has 0 bridgehead atoms. The van der Waals surface area contributed by atoms with Gasteiger partial charge in [-0.05, 0) is 25.1 Å². The van der Waals surface area contributed by atoms with Crippen LogP contribution in [0, 0.1) is 6.92 Å². The van der Waals surface area contributed by atoms with E-state index in [0.717, 1.165) is 11.4 Å². The van der Waals surface area contributed by atoms with E-state index in [1.807, 2.05) is 37.3 Å². The van der Waals surface area contributed by atoms with Gasteiger partial charge in [0.1, 0.15) is 6.04 Å². The first-order valence-electron chi connectivity index (χ1n) is 7.70. The zero-order chi connectivity index (χ0) is 17.3. The van der Waals surface area contributed by atoms with E-state index in [4.69, 9.17) is 4.74 Å². The summed E-state index contributed by atoms with van der Waals surface area (Å²) in [7, 11) is 1.52. The molecule has 2 heterocycles. The summed E-state index contributed by atoms with van der Waals surface area (Å²) in [6.45, 7) is 2.11. The highest BCUT2D eigenvalue weighted by atomic mass is 16.5. The minimum atomic E-state index is -1.03. The number of amides is 1. The van der Waals surface area contributed by atoms with Gasteiger partial charge in [0.25, 0.3) is 5.91 Å². The summed E-state index contributed by atoms with van der Waals surface area (Å²) in [6.07, 6.45) is 0.0167. The number of hydrogen-bond acceptors (Lipinski definition) is 4. The van der Waals surface area contributed by atoms with Crippen molar-refractivity contribution in [2.75, 3.05) is 13.7 Å². The summed E-state index contributed by atoms with van der Waals surface area (Å²) >= 11 is 0. The fourth-order valence-electron chi connectivity index (χ4n) is 2.98. The Kier molecular flexibility index (Phi) is 4.35. The number of nitrogens with zero attached hydrogens (tertiary/aromatic N) is 3. The second-order valence-electron chi connectivity index (χ2n) is 5.82. The SMILES string of the molecule is COC1CC(C(=O)O)N(C(=O)c2cc(C)n(-c3ccccc3)n2)C1. The number of methoxy groups -OCH3 is 1. The van der Waals surface area contributed by atoms with E-state index in [-0.39, 0.29) is 30.7 Å². The Morgan fingerprint density at radius 2 is 2.00 bits per heavy atom. The molecular weight excluding hydrogens is 310 g/mol. The number of carbonyl (C=O) groups is 2. The molecule has 2 atom stereocenters. The van der Waals surface area contributed by atoms with Crippen LogP contribution in [0.4, 0.5) is 0 Å². The number of aryl methyl sites for hydroxylation is 1. The minimum Gasteiger partial charge on any atom is -0.480 e. The predicted molar refractivity (Wildman–Crippen MR) is 86.2 cm³/mol. The van der Waals surface area contributed by atoms with E-state index in [0.29, 0.717) is 0 Å². The van der Waals surface area contributed by atoms with E-state index in [9.17, 15) is 14.7 Å². The minimum absolute atomic E-state index is 0.236. The van der Waals surface area contributed by atoms with Crippen LogP contribution >= 0.6 is 0 Å². The average molecular weight is 329 g/mol. The third-order valence-electron chi connectivity index (χ3n) is 4.25. The number of carboxylic acids is 1. The number of aliphatic carboxylic acids is 1. The molecule has 0 saturated carbocycles. The van der Waals surface area contributed by atoms with Crippen molar-refractivity contribution in [3.63, 3.8) is 0 Å². The summed E-state index contributed by atoms with van der Waals surface area (Å²) in [5.41, 5.74) is 1.89. The smallest absolute Gasteiger partial charge is 0.326 e. The number of rotatable bonds is 4. The number of benzene rings is 1. The Bertz CT molecular complexity index is 756. The van der Waals surface area contributed by atoms with Gasteiger partial charge in [-0.1, -0.05) is 18.2 Å². The average Bonchev–Trinajstić information content (AvgIpc) is 3.19. The number of para-hydroxylation sites is 1. The zero-order valence-electron chi connectivity index (χ0n) is 13.5. The van der Waals surface area contributed by atoms with Crippen LogP contribution in [0.15, 0.2) is 36.4 Å². The predicted octanol–water partition coefficient (Wildman–Crippen LogP) is 1.49. The first-order chi connectivity index (χ1) is 11.5. The van der Waals surface area contributed by atoms with Crippen molar-refractivity contribution in [3.8, 4) is 5.69 Å². The molecule has 126 valence electrons. The maximum Gasteiger partial charge on any atom is 0.326 e. The van der Waals surface area contributed by atoms with Crippen LogP contribution in [0.3, 0.4) is 0 Å². The third kappa shape index (κ3) is 2.90. The van der Waals surface area contributed by atoms with Crippen molar-refractivity contribution in [2.24, 2.45) is 0 Å². The lowest BCUT2D eigenvalue weighted by atomic mass is 10.2. The van der Waals surface area contributed by atoms with E-state index < -0.39 is 12.0 Å². The molecule has 0 aliphatic carbocycles. The Morgan fingerprint density at radius 1 is 1.29 bits per heavy atom. The van der Waals surface area contributed by atoms with Crippen molar-refractivity contribution in [2.45, 2.75) is 25.5 Å². The van der Waals surface area contributed by atoms with E-state index in [1.165, 1.54) is 12.0 Å². The maximum absolute atomic E-state index is 12.8. The first kappa shape index (κ1) is 16.2. The van der Waals surface area contributed by atoms with Gasteiger partial charge in [-0.3, -0.25) is 4.79 Å². The molecule has 0 radical (unpaired) electrons. The molecule has 1 amide bonds. The standard InChI is InChI=1S/C17H19N3O4/c1-11-8-14(18-20(11)12-6-4-3-5-7-12)16(21)19-10-13(24-2)9-15(19)17(22)23/h3-8,13,15H,9-10H2,1-2H3,(H,22,23). The van der Waals surface area contributed by atoms with Gasteiger partial charge in [0.05, 0.1) is 11.8 Å². The number of aromatic nitrogens is 2. The number of ether oxygens (including phenoxy) is 1. The van der Waals surface area contributed by atoms with E-state index >= 15 is 0 Å². The molecule has 1 aliphatic rings. The number of hydrogen-bond donors (Lipinski definition) is 1. The van der Waals surface area contributed by atoms with Gasteiger partial charge in [0.2, 0.25) is 0 Å². The van der Waals surface area contributed by atoms with Gasteiger partial charge in [0.15, 0.2) is 5.69 Å². The molecule has 1 aliphatic heterocycles. The van der Waals surface area contributed by atoms with Crippen molar-refractivity contribution in [1.82, 2.24) is 14.7 Å². The van der Waals surface area contributed by atoms with Crippen LogP contribution < -0.4 is 0 Å². The molecule has 2 aromatic rings. The molecule has 2 unspecified atom stereocenters. The summed E-state index contributed by atoms with van der Waals surface area (Å²) in [5.74, 6) is -1.41. The van der Waals surface area contributed by atoms with E-state index in [1.54, 1.807) is 10.7 Å². The van der Waals surface area contributed by atoms with Gasteiger partial charge in [-0.15, -0.1) is 0 Å². The highest BCUT2D eigenvalue weighted by molar-refractivity contribution is 5.95. The molecule has 24 heavy (non-hydrogen) atoms. The highest BCUT2D eigenvalue weighted by Crippen LogP contribution is 2.23. The Balaban J connectivity index is 1.89. The lowest BCUT2D eigenvalue weighted by Gasteiger charge is -2.19. The quantitative estimate of drug-likeness (QED) is 0.919. The van der Waals surface area contributed by atoms with Gasteiger partial charge < -0.3 is 14.7 Å². The molecule has 1 aromatic heterocycles. The molecule has 1 N–H and O–H groups in total. The number of carbonyl (C=O) groups excluding carboxylic acids is 1. The van der Waals surface area contributed by atoms with Gasteiger partial charge >= 0.3 is 5.97 Å². The topological polar surface area (TPSA) is 84.7 Å². The summed E-state index contributed by atoms with van der Waals surface area (Å²) in [6, 6.07) is 10.3. The third-order valence-corrected chi connectivity index (χ3v) is 4.25. The van der Waals surface area contributed by atoms with Crippen molar-refractivity contribution in [1.29, 1.82) is 0 Å². The van der Waals surface area contributed by atoms with Crippen LogP contribution in [0.1, 0.15) is 22.6 Å². The molecule has 1 aromatic carbocycles. The normalized spacial score (nSPS) is 20.3. The van der Waals surface area contributed by atoms with Gasteiger partial charge in [-0.2, -0.15) is 5.10 Å². The second kappa shape index (κ2) is 6.45. The summed E-state index contributed by atoms with van der Waals surface area (Å²) in [5, 5.41) is 13.7. The van der Waals surface area contributed by atoms with Crippen LogP contribution in [0.2, 0.25) is 0 Å². The van der Waals surface area contributed by atoms with Gasteiger partial charge in [-0.25, -0.2) is 9.48 Å². The largest absolute Gasteiger partial charge is 0.480 e. The monoisotopic (exact) mass is 329 g/mol.